The molecule has 7 heteroatoms. The van der Waals surface area contributed by atoms with E-state index in [4.69, 9.17) is 0 Å². The van der Waals surface area contributed by atoms with E-state index in [9.17, 15) is 13.2 Å². The summed E-state index contributed by atoms with van der Waals surface area (Å²) >= 11 is 4.70. The van der Waals surface area contributed by atoms with Crippen LogP contribution in [0, 0.1) is 6.92 Å². The predicted octanol–water partition coefficient (Wildman–Crippen LogP) is 4.72. The van der Waals surface area contributed by atoms with Crippen LogP contribution in [-0.4, -0.2) is 9.78 Å². The summed E-state index contributed by atoms with van der Waals surface area (Å²) in [6.07, 6.45) is -2.99. The lowest BCUT2D eigenvalue weighted by Crippen LogP contribution is -2.08. The minimum atomic E-state index is -4.44. The number of aryl methyl sites for hydroxylation is 2. The van der Waals surface area contributed by atoms with Crippen LogP contribution in [0.15, 0.2) is 16.0 Å². The maximum absolute atomic E-state index is 13.0. The number of aromatic nitrogens is 2. The van der Waals surface area contributed by atoms with Crippen molar-refractivity contribution in [3.63, 3.8) is 0 Å². The van der Waals surface area contributed by atoms with Crippen LogP contribution in [-0.2, 0) is 12.7 Å². The molecule has 2 nitrogen and oxygen atoms in total. The highest BCUT2D eigenvalue weighted by molar-refractivity contribution is 9.10. The number of thiophene rings is 1. The van der Waals surface area contributed by atoms with Gasteiger partial charge in [0.05, 0.1) is 0 Å². The Kier molecular flexibility index (Phi) is 3.55. The van der Waals surface area contributed by atoms with Gasteiger partial charge in [-0.2, -0.15) is 18.3 Å². The van der Waals surface area contributed by atoms with Gasteiger partial charge in [0, 0.05) is 38.6 Å². The molecule has 0 saturated heterocycles. The van der Waals surface area contributed by atoms with Crippen LogP contribution in [0.4, 0.5) is 13.2 Å². The maximum atomic E-state index is 13.0. The molecule has 0 aliphatic rings. The van der Waals surface area contributed by atoms with Crippen molar-refractivity contribution in [2.75, 3.05) is 0 Å². The number of hydrogen-bond acceptors (Lipinski definition) is 2. The van der Waals surface area contributed by atoms with E-state index < -0.39 is 11.9 Å². The zero-order chi connectivity index (χ0) is 13.5. The van der Waals surface area contributed by atoms with Crippen LogP contribution in [0.25, 0.3) is 11.1 Å². The van der Waals surface area contributed by atoms with Gasteiger partial charge >= 0.3 is 6.18 Å². The van der Waals surface area contributed by atoms with Gasteiger partial charge in [-0.1, -0.05) is 0 Å². The molecule has 0 spiro atoms. The fourth-order valence-electron chi connectivity index (χ4n) is 1.72. The van der Waals surface area contributed by atoms with E-state index in [1.807, 2.05) is 0 Å². The minimum Gasteiger partial charge on any atom is -0.272 e. The van der Waals surface area contributed by atoms with Crippen molar-refractivity contribution >= 4 is 27.3 Å². The number of hydrogen-bond donors (Lipinski definition) is 0. The molecular formula is C11H10BrF3N2S. The summed E-state index contributed by atoms with van der Waals surface area (Å²) in [4.78, 5) is 0.836. The fraction of sp³-hybridized carbons (Fsp3) is 0.364. The van der Waals surface area contributed by atoms with Crippen molar-refractivity contribution in [1.29, 1.82) is 0 Å². The molecule has 0 bridgehead atoms. The quantitative estimate of drug-likeness (QED) is 0.774. The molecule has 2 heterocycles. The third-order valence-corrected chi connectivity index (χ3v) is 4.39. The molecule has 0 radical (unpaired) electrons. The molecule has 0 fully saturated rings. The number of halogens is 4. The van der Waals surface area contributed by atoms with Gasteiger partial charge < -0.3 is 0 Å². The number of alkyl halides is 3. The monoisotopic (exact) mass is 338 g/mol. The van der Waals surface area contributed by atoms with E-state index in [-0.39, 0.29) is 5.56 Å². The molecule has 0 atom stereocenters. The molecule has 2 aromatic rings. The second-order valence-electron chi connectivity index (χ2n) is 3.76. The highest BCUT2D eigenvalue weighted by Gasteiger charge is 2.38. The normalized spacial score (nSPS) is 12.1. The lowest BCUT2D eigenvalue weighted by atomic mass is 10.1. The first-order chi connectivity index (χ1) is 8.34. The molecule has 0 aliphatic heterocycles. The van der Waals surface area contributed by atoms with Crippen LogP contribution in [0.5, 0.6) is 0 Å². The number of nitrogens with zero attached hydrogens (tertiary/aromatic N) is 2. The van der Waals surface area contributed by atoms with E-state index >= 15 is 0 Å². The lowest BCUT2D eigenvalue weighted by Gasteiger charge is -2.06. The maximum Gasteiger partial charge on any atom is 0.435 e. The van der Waals surface area contributed by atoms with E-state index in [0.717, 1.165) is 4.88 Å². The Morgan fingerprint density at radius 2 is 2.11 bits per heavy atom. The molecule has 0 unspecified atom stereocenters. The van der Waals surface area contributed by atoms with E-state index in [1.54, 1.807) is 19.2 Å². The predicted molar refractivity (Wildman–Crippen MR) is 68.7 cm³/mol. The van der Waals surface area contributed by atoms with Crippen LogP contribution in [0.1, 0.15) is 17.5 Å². The van der Waals surface area contributed by atoms with Gasteiger partial charge in [0.2, 0.25) is 0 Å². The third-order valence-electron chi connectivity index (χ3n) is 2.55. The summed E-state index contributed by atoms with van der Waals surface area (Å²) in [5.41, 5.74) is -0.117. The van der Waals surface area contributed by atoms with Gasteiger partial charge in [-0.3, -0.25) is 4.68 Å². The summed E-state index contributed by atoms with van der Waals surface area (Å²) in [6.45, 7) is 3.96. The SMILES string of the molecule is CCn1cc(-c2c(Br)csc2C)c(C(F)(F)F)n1. The highest BCUT2D eigenvalue weighted by Crippen LogP contribution is 2.42. The summed E-state index contributed by atoms with van der Waals surface area (Å²) in [5, 5.41) is 5.40. The van der Waals surface area contributed by atoms with Crippen molar-refractivity contribution in [3.05, 3.63) is 26.6 Å². The zero-order valence-electron chi connectivity index (χ0n) is 9.68. The summed E-state index contributed by atoms with van der Waals surface area (Å²) < 4.78 is 40.9. The average molecular weight is 339 g/mol. The number of rotatable bonds is 2. The second-order valence-corrected chi connectivity index (χ2v) is 5.70. The summed E-state index contributed by atoms with van der Waals surface area (Å²) in [7, 11) is 0. The topological polar surface area (TPSA) is 17.8 Å². The molecule has 0 saturated carbocycles. The fourth-order valence-corrected chi connectivity index (χ4v) is 3.38. The Balaban J connectivity index is 2.67. The lowest BCUT2D eigenvalue weighted by molar-refractivity contribution is -0.141. The van der Waals surface area contributed by atoms with Crippen molar-refractivity contribution < 1.29 is 13.2 Å². The molecule has 2 aromatic heterocycles. The summed E-state index contributed by atoms with van der Waals surface area (Å²) in [5.74, 6) is 0. The minimum absolute atomic E-state index is 0.134. The van der Waals surface area contributed by atoms with Crippen LogP contribution < -0.4 is 0 Å². The third kappa shape index (κ3) is 2.33. The highest BCUT2D eigenvalue weighted by atomic mass is 79.9. The van der Waals surface area contributed by atoms with Crippen molar-refractivity contribution in [3.8, 4) is 11.1 Å². The van der Waals surface area contributed by atoms with E-state index in [0.29, 0.717) is 16.6 Å². The van der Waals surface area contributed by atoms with Gasteiger partial charge in [-0.25, -0.2) is 0 Å². The van der Waals surface area contributed by atoms with Crippen molar-refractivity contribution in [1.82, 2.24) is 9.78 Å². The van der Waals surface area contributed by atoms with E-state index in [1.165, 1.54) is 22.2 Å². The first-order valence-electron chi connectivity index (χ1n) is 5.23. The second kappa shape index (κ2) is 4.70. The molecule has 2 rings (SSSR count). The molecule has 98 valence electrons. The average Bonchev–Trinajstić information content (AvgIpc) is 2.82. The molecular weight excluding hydrogens is 329 g/mol. The smallest absolute Gasteiger partial charge is 0.272 e. The van der Waals surface area contributed by atoms with Gasteiger partial charge in [0.1, 0.15) is 0 Å². The largest absolute Gasteiger partial charge is 0.435 e. The van der Waals surface area contributed by atoms with Gasteiger partial charge in [0.15, 0.2) is 5.69 Å². The Labute approximate surface area is 115 Å². The van der Waals surface area contributed by atoms with Crippen LogP contribution in [0.2, 0.25) is 0 Å². The Bertz CT molecular complexity index is 552. The van der Waals surface area contributed by atoms with Crippen LogP contribution >= 0.6 is 27.3 Å². The van der Waals surface area contributed by atoms with Crippen molar-refractivity contribution in [2.45, 2.75) is 26.6 Å². The zero-order valence-corrected chi connectivity index (χ0v) is 12.1. The molecule has 0 aliphatic carbocycles. The standard InChI is InChI=1S/C11H10BrF3N2S/c1-3-17-4-7(10(16-17)11(13,14)15)9-6(2)18-5-8(9)12/h4-5H,3H2,1-2H3. The van der Waals surface area contributed by atoms with E-state index in [2.05, 4.69) is 21.0 Å². The van der Waals surface area contributed by atoms with Gasteiger partial charge in [-0.05, 0) is 29.8 Å². The molecule has 0 N–H and O–H groups in total. The summed E-state index contributed by atoms with van der Waals surface area (Å²) in [6, 6.07) is 0. The molecule has 18 heavy (non-hydrogen) atoms. The first kappa shape index (κ1) is 13.6. The van der Waals surface area contributed by atoms with Crippen molar-refractivity contribution in [2.24, 2.45) is 0 Å². The molecule has 0 amide bonds. The Hall–Kier alpha value is -0.820. The Morgan fingerprint density at radius 3 is 2.56 bits per heavy atom. The van der Waals surface area contributed by atoms with Gasteiger partial charge in [0.25, 0.3) is 0 Å². The van der Waals surface area contributed by atoms with Gasteiger partial charge in [-0.15, -0.1) is 11.3 Å². The Morgan fingerprint density at radius 1 is 1.44 bits per heavy atom. The first-order valence-corrected chi connectivity index (χ1v) is 6.90. The molecule has 0 aromatic carbocycles. The van der Waals surface area contributed by atoms with Crippen LogP contribution in [0.3, 0.4) is 0 Å².